The summed E-state index contributed by atoms with van der Waals surface area (Å²) in [4.78, 5) is 40.4. The molecular formula is C33H41N5O6S. The monoisotopic (exact) mass is 635 g/mol. The zero-order valence-electron chi connectivity index (χ0n) is 26.0. The van der Waals surface area contributed by atoms with Gasteiger partial charge in [-0.3, -0.25) is 23.3 Å². The van der Waals surface area contributed by atoms with Crippen molar-refractivity contribution in [2.45, 2.75) is 58.5 Å². The topological polar surface area (TPSA) is 128 Å². The number of nitrogens with zero attached hydrogens (tertiary/aromatic N) is 5. The molecule has 1 saturated heterocycles. The van der Waals surface area contributed by atoms with Gasteiger partial charge in [0.2, 0.25) is 11.3 Å². The molecule has 1 aliphatic heterocycles. The summed E-state index contributed by atoms with van der Waals surface area (Å²) in [5.41, 5.74) is 2.52. The van der Waals surface area contributed by atoms with E-state index in [-0.39, 0.29) is 17.2 Å². The molecule has 2 atom stereocenters. The lowest BCUT2D eigenvalue weighted by atomic mass is 9.89. The van der Waals surface area contributed by atoms with Crippen molar-refractivity contribution in [3.05, 3.63) is 74.4 Å². The van der Waals surface area contributed by atoms with Gasteiger partial charge in [0.25, 0.3) is 5.56 Å². The van der Waals surface area contributed by atoms with Crippen LogP contribution in [0, 0.1) is 23.7 Å². The first kappa shape index (κ1) is 32.6. The molecule has 0 amide bonds. The molecule has 45 heavy (non-hydrogen) atoms. The Morgan fingerprint density at radius 3 is 2.20 bits per heavy atom. The minimum absolute atomic E-state index is 0.261. The molecule has 11 nitrogen and oxygen atoms in total. The number of aromatic nitrogens is 2. The molecule has 2 unspecified atom stereocenters. The molecule has 2 fully saturated rings. The van der Waals surface area contributed by atoms with Crippen LogP contribution in [0.15, 0.2) is 52.1 Å². The Hall–Kier alpha value is -3.76. The highest BCUT2D eigenvalue weighted by Crippen LogP contribution is 2.25. The van der Waals surface area contributed by atoms with Crippen LogP contribution >= 0.6 is 0 Å². The van der Waals surface area contributed by atoms with Gasteiger partial charge in [-0.2, -0.15) is 0 Å². The quantitative estimate of drug-likeness (QED) is 0.285. The number of aryl methyl sites for hydroxylation is 1. The van der Waals surface area contributed by atoms with Gasteiger partial charge in [-0.1, -0.05) is 45.0 Å². The van der Waals surface area contributed by atoms with Crippen molar-refractivity contribution in [1.82, 2.24) is 18.6 Å². The van der Waals surface area contributed by atoms with Crippen molar-refractivity contribution >= 4 is 33.8 Å². The van der Waals surface area contributed by atoms with Gasteiger partial charge in [0, 0.05) is 56.6 Å². The lowest BCUT2D eigenvalue weighted by molar-refractivity contribution is -0.148. The molecule has 2 aromatic carbocycles. The number of hydrogen-bond acceptors (Lipinski definition) is 6. The highest BCUT2D eigenvalue weighted by Gasteiger charge is 2.38. The largest absolute Gasteiger partial charge is 0.480 e. The third-order valence-corrected chi connectivity index (χ3v) is 9.70. The Balaban J connectivity index is 1.28. The SMILES string of the molecule is CC(C)C(C(=O)O)N(N1CCN(c2ccc(C#Cc3ccc4c(c3)c(=O)n(CC3CCCCC3)c(=O)n4C)cc2)CC1)S(=O)O. The number of rotatable bonds is 8. The van der Waals surface area contributed by atoms with Gasteiger partial charge >= 0.3 is 11.7 Å². The summed E-state index contributed by atoms with van der Waals surface area (Å²) in [6.07, 6.45) is 5.59. The van der Waals surface area contributed by atoms with Crippen LogP contribution < -0.4 is 16.1 Å². The second kappa shape index (κ2) is 14.1. The van der Waals surface area contributed by atoms with Crippen LogP contribution in [0.3, 0.4) is 0 Å². The zero-order valence-corrected chi connectivity index (χ0v) is 26.8. The Morgan fingerprint density at radius 1 is 0.978 bits per heavy atom. The fraction of sp³-hybridized carbons (Fsp3) is 0.485. The number of carboxylic acids is 1. The van der Waals surface area contributed by atoms with E-state index >= 15 is 0 Å². The van der Waals surface area contributed by atoms with Gasteiger partial charge in [0.15, 0.2) is 0 Å². The van der Waals surface area contributed by atoms with E-state index in [0.717, 1.165) is 41.3 Å². The van der Waals surface area contributed by atoms with Crippen molar-refractivity contribution in [2.75, 3.05) is 31.1 Å². The minimum Gasteiger partial charge on any atom is -0.480 e. The standard InChI is InChI=1S/C33H41N5O6S/c1-23(2)30(32(40)41)38(45(43)44)36-19-17-35(18-20-36)27-14-11-24(12-15-27)9-10-25-13-16-29-28(21-25)31(39)37(33(42)34(29)3)22-26-7-5-4-6-8-26/h11-16,21,23,26,30H,4-8,17-20,22H2,1-3H3,(H,40,41)(H,43,44). The summed E-state index contributed by atoms with van der Waals surface area (Å²) in [5.74, 6) is 5.20. The van der Waals surface area contributed by atoms with Crippen LogP contribution in [0.4, 0.5) is 5.69 Å². The molecule has 0 spiro atoms. The number of fused-ring (bicyclic) bond motifs is 1. The molecule has 1 aliphatic carbocycles. The number of piperazine rings is 1. The van der Waals surface area contributed by atoms with Gasteiger partial charge in [0.05, 0.1) is 10.9 Å². The fourth-order valence-electron chi connectivity index (χ4n) is 6.44. The number of hydrazine groups is 1. The van der Waals surface area contributed by atoms with E-state index in [1.807, 2.05) is 30.3 Å². The Kier molecular flexibility index (Phi) is 10.2. The number of carbonyl (C=O) groups is 1. The third kappa shape index (κ3) is 7.23. The summed E-state index contributed by atoms with van der Waals surface area (Å²) in [5, 5.41) is 11.8. The van der Waals surface area contributed by atoms with Crippen molar-refractivity contribution in [2.24, 2.45) is 18.9 Å². The number of anilines is 1. The summed E-state index contributed by atoms with van der Waals surface area (Å²) in [6.45, 7) is 5.82. The maximum Gasteiger partial charge on any atom is 0.331 e. The Labute approximate surface area is 265 Å². The van der Waals surface area contributed by atoms with Gasteiger partial charge in [-0.25, -0.2) is 14.0 Å². The van der Waals surface area contributed by atoms with Crippen molar-refractivity contribution < 1.29 is 18.7 Å². The molecule has 1 saturated carbocycles. The van der Waals surface area contributed by atoms with Crippen LogP contribution in [0.25, 0.3) is 10.9 Å². The minimum atomic E-state index is -2.45. The maximum absolute atomic E-state index is 13.4. The van der Waals surface area contributed by atoms with Crippen LogP contribution in [-0.2, 0) is 29.7 Å². The van der Waals surface area contributed by atoms with Gasteiger partial charge in [-0.15, -0.1) is 4.41 Å². The average Bonchev–Trinajstić information content (AvgIpc) is 3.03. The second-order valence-electron chi connectivity index (χ2n) is 12.3. The smallest absolute Gasteiger partial charge is 0.331 e. The number of benzene rings is 2. The van der Waals surface area contributed by atoms with E-state index in [0.29, 0.717) is 55.1 Å². The molecule has 0 radical (unpaired) electrons. The highest BCUT2D eigenvalue weighted by atomic mass is 32.2. The lowest BCUT2D eigenvalue weighted by Crippen LogP contribution is -2.60. The molecule has 0 bridgehead atoms. The predicted molar refractivity (Wildman–Crippen MR) is 175 cm³/mol. The predicted octanol–water partition coefficient (Wildman–Crippen LogP) is 3.27. The van der Waals surface area contributed by atoms with Gasteiger partial charge < -0.3 is 10.0 Å². The maximum atomic E-state index is 13.4. The molecule has 5 rings (SSSR count). The summed E-state index contributed by atoms with van der Waals surface area (Å²) in [7, 11) is 1.70. The van der Waals surface area contributed by atoms with Gasteiger partial charge in [-0.05, 0) is 67.1 Å². The van der Waals surface area contributed by atoms with E-state index < -0.39 is 23.3 Å². The summed E-state index contributed by atoms with van der Waals surface area (Å²) in [6, 6.07) is 12.1. The van der Waals surface area contributed by atoms with E-state index in [1.54, 1.807) is 42.6 Å². The normalized spacial score (nSPS) is 17.8. The number of carboxylic acid groups (broad SMARTS) is 1. The Bertz CT molecular complexity index is 1740. The van der Waals surface area contributed by atoms with Gasteiger partial charge in [0.1, 0.15) is 6.04 Å². The molecule has 2 aliphatic rings. The van der Waals surface area contributed by atoms with Crippen LogP contribution in [0.2, 0.25) is 0 Å². The summed E-state index contributed by atoms with van der Waals surface area (Å²) >= 11 is -2.45. The number of aliphatic carboxylic acids is 1. The third-order valence-electron chi connectivity index (χ3n) is 8.92. The molecule has 2 N–H and O–H groups in total. The first-order valence-electron chi connectivity index (χ1n) is 15.5. The second-order valence-corrected chi connectivity index (χ2v) is 13.1. The van der Waals surface area contributed by atoms with Crippen LogP contribution in [0.5, 0.6) is 0 Å². The van der Waals surface area contributed by atoms with Crippen molar-refractivity contribution in [1.29, 1.82) is 0 Å². The first-order valence-corrected chi connectivity index (χ1v) is 16.6. The van der Waals surface area contributed by atoms with Crippen LogP contribution in [0.1, 0.15) is 57.1 Å². The molecule has 12 heteroatoms. The molecule has 2 heterocycles. The number of hydrogen-bond donors (Lipinski definition) is 2. The Morgan fingerprint density at radius 2 is 1.60 bits per heavy atom. The van der Waals surface area contributed by atoms with E-state index in [9.17, 15) is 28.3 Å². The zero-order chi connectivity index (χ0) is 32.2. The fourth-order valence-corrected chi connectivity index (χ4v) is 7.33. The first-order chi connectivity index (χ1) is 21.5. The lowest BCUT2D eigenvalue weighted by Gasteiger charge is -2.42. The van der Waals surface area contributed by atoms with Crippen LogP contribution in [-0.4, -0.2) is 70.6 Å². The van der Waals surface area contributed by atoms with E-state index in [4.69, 9.17) is 0 Å². The molecule has 1 aromatic heterocycles. The van der Waals surface area contributed by atoms with E-state index in [1.165, 1.54) is 11.0 Å². The van der Waals surface area contributed by atoms with E-state index in [2.05, 4.69) is 16.7 Å². The van der Waals surface area contributed by atoms with Crippen molar-refractivity contribution in [3.63, 3.8) is 0 Å². The molecular weight excluding hydrogens is 594 g/mol. The molecule has 240 valence electrons. The van der Waals surface area contributed by atoms with Crippen molar-refractivity contribution in [3.8, 4) is 11.8 Å². The highest BCUT2D eigenvalue weighted by molar-refractivity contribution is 7.76. The average molecular weight is 636 g/mol. The summed E-state index contributed by atoms with van der Waals surface area (Å²) < 4.78 is 26.0. The molecule has 3 aromatic rings.